The Kier molecular flexibility index (Phi) is 5.58. The number of carbonyl (C=O) groups excluding carboxylic acids is 1. The van der Waals surface area contributed by atoms with Crippen LogP contribution in [0.1, 0.15) is 36.4 Å². The molecular weight excluding hydrogens is 400 g/mol. The van der Waals surface area contributed by atoms with E-state index < -0.39 is 17.7 Å². The Morgan fingerprint density at radius 2 is 2.00 bits per heavy atom. The fraction of sp³-hybridized carbons (Fsp3) is 0.217. The third-order valence-electron chi connectivity index (χ3n) is 5.23. The third-order valence-corrected chi connectivity index (χ3v) is 5.23. The average molecular weight is 419 g/mol. The van der Waals surface area contributed by atoms with Gasteiger partial charge in [0.05, 0.1) is 35.9 Å². The Morgan fingerprint density at radius 3 is 2.74 bits per heavy atom. The van der Waals surface area contributed by atoms with Crippen LogP contribution in [-0.2, 0) is 11.3 Å². The highest BCUT2D eigenvalue weighted by Crippen LogP contribution is 2.30. The molecular formula is C23H19F2N5O. The van der Waals surface area contributed by atoms with Gasteiger partial charge in [0.1, 0.15) is 11.6 Å². The lowest BCUT2D eigenvalue weighted by Gasteiger charge is -2.22. The van der Waals surface area contributed by atoms with E-state index in [1.54, 1.807) is 29.2 Å². The van der Waals surface area contributed by atoms with Crippen molar-refractivity contribution in [3.05, 3.63) is 77.5 Å². The number of aromatic nitrogens is 2. The molecule has 0 radical (unpaired) electrons. The number of carbonyl (C=O) groups is 1. The van der Waals surface area contributed by atoms with Gasteiger partial charge in [-0.15, -0.1) is 0 Å². The number of nitrogens with zero attached hydrogens (tertiary/aromatic N) is 5. The zero-order chi connectivity index (χ0) is 22.0. The van der Waals surface area contributed by atoms with E-state index in [4.69, 9.17) is 0 Å². The Labute approximate surface area is 177 Å². The van der Waals surface area contributed by atoms with Crippen molar-refractivity contribution in [3.63, 3.8) is 0 Å². The zero-order valence-corrected chi connectivity index (χ0v) is 16.6. The Morgan fingerprint density at radius 1 is 1.23 bits per heavy atom. The van der Waals surface area contributed by atoms with Crippen molar-refractivity contribution in [2.24, 2.45) is 5.10 Å². The lowest BCUT2D eigenvalue weighted by Crippen LogP contribution is -2.27. The molecule has 0 saturated heterocycles. The lowest BCUT2D eigenvalue weighted by atomic mass is 10.0. The number of amides is 1. The fourth-order valence-corrected chi connectivity index (χ4v) is 3.71. The van der Waals surface area contributed by atoms with Crippen molar-refractivity contribution in [2.75, 3.05) is 0 Å². The number of hydrogen-bond acceptors (Lipinski definition) is 4. The van der Waals surface area contributed by atoms with E-state index in [-0.39, 0.29) is 12.3 Å². The minimum atomic E-state index is -0.686. The molecule has 2 heterocycles. The van der Waals surface area contributed by atoms with E-state index in [0.717, 1.165) is 22.5 Å². The van der Waals surface area contributed by atoms with Crippen molar-refractivity contribution in [3.8, 4) is 6.07 Å². The molecule has 4 rings (SSSR count). The highest BCUT2D eigenvalue weighted by atomic mass is 19.1. The minimum Gasteiger partial charge on any atom is -0.273 e. The molecule has 8 heteroatoms. The maximum absolute atomic E-state index is 13.6. The van der Waals surface area contributed by atoms with Gasteiger partial charge in [0, 0.05) is 30.5 Å². The van der Waals surface area contributed by atoms with Crippen LogP contribution in [0.4, 0.5) is 8.78 Å². The SMILES string of the molecule is C=C(CCC(=O)N1N=CCC1c1cc(F)cc(F)c1)Cn1ncc2c(C#N)cccc21. The summed E-state index contributed by atoms with van der Waals surface area (Å²) in [6.07, 6.45) is 4.19. The van der Waals surface area contributed by atoms with Crippen molar-refractivity contribution >= 4 is 23.0 Å². The summed E-state index contributed by atoms with van der Waals surface area (Å²) in [6.45, 7) is 4.45. The smallest absolute Gasteiger partial charge is 0.243 e. The van der Waals surface area contributed by atoms with Crippen LogP contribution in [0.15, 0.2) is 59.8 Å². The minimum absolute atomic E-state index is 0.160. The van der Waals surface area contributed by atoms with E-state index in [0.29, 0.717) is 30.5 Å². The van der Waals surface area contributed by atoms with Gasteiger partial charge in [-0.25, -0.2) is 13.8 Å². The first-order chi connectivity index (χ1) is 15.0. The molecule has 0 N–H and O–H groups in total. The molecule has 2 aromatic carbocycles. The number of hydrogen-bond donors (Lipinski definition) is 0. The molecule has 1 atom stereocenters. The predicted octanol–water partition coefficient (Wildman–Crippen LogP) is 4.48. The lowest BCUT2D eigenvalue weighted by molar-refractivity contribution is -0.133. The summed E-state index contributed by atoms with van der Waals surface area (Å²) in [4.78, 5) is 12.7. The van der Waals surface area contributed by atoms with Crippen LogP contribution in [0.25, 0.3) is 10.9 Å². The van der Waals surface area contributed by atoms with Crippen LogP contribution in [-0.4, -0.2) is 26.9 Å². The third kappa shape index (κ3) is 4.21. The van der Waals surface area contributed by atoms with Gasteiger partial charge in [-0.2, -0.15) is 15.5 Å². The summed E-state index contributed by atoms with van der Waals surface area (Å²) in [7, 11) is 0. The zero-order valence-electron chi connectivity index (χ0n) is 16.6. The van der Waals surface area contributed by atoms with Crippen LogP contribution < -0.4 is 0 Å². The fourth-order valence-electron chi connectivity index (χ4n) is 3.71. The Bertz CT molecular complexity index is 1220. The van der Waals surface area contributed by atoms with Crippen molar-refractivity contribution < 1.29 is 13.6 Å². The van der Waals surface area contributed by atoms with Gasteiger partial charge in [0.25, 0.3) is 0 Å². The van der Waals surface area contributed by atoms with Crippen LogP contribution in [0.3, 0.4) is 0 Å². The number of benzene rings is 2. The molecule has 0 fully saturated rings. The molecule has 0 aliphatic carbocycles. The molecule has 3 aromatic rings. The van der Waals surface area contributed by atoms with Gasteiger partial charge in [0.15, 0.2) is 0 Å². The maximum Gasteiger partial charge on any atom is 0.243 e. The van der Waals surface area contributed by atoms with Crippen molar-refractivity contribution in [1.82, 2.24) is 14.8 Å². The quantitative estimate of drug-likeness (QED) is 0.553. The first-order valence-corrected chi connectivity index (χ1v) is 9.78. The van der Waals surface area contributed by atoms with Crippen LogP contribution in [0.5, 0.6) is 0 Å². The standard InChI is InChI=1S/C23H19F2N5O/c1-15(14-29-22-4-2-3-16(12-26)20(22)13-28-29)5-6-23(31)30-21(7-8-27-30)17-9-18(24)11-19(25)10-17/h2-4,8-11,13,21H,1,5-7,14H2. The van der Waals surface area contributed by atoms with Crippen molar-refractivity contribution in [2.45, 2.75) is 31.8 Å². The van der Waals surface area contributed by atoms with Gasteiger partial charge in [-0.05, 0) is 36.2 Å². The Balaban J connectivity index is 1.40. The van der Waals surface area contributed by atoms with E-state index in [9.17, 15) is 18.8 Å². The molecule has 156 valence electrons. The number of rotatable bonds is 6. The molecule has 0 spiro atoms. The van der Waals surface area contributed by atoms with E-state index in [1.165, 1.54) is 17.1 Å². The highest BCUT2D eigenvalue weighted by Gasteiger charge is 2.28. The normalized spacial score (nSPS) is 15.4. The van der Waals surface area contributed by atoms with E-state index >= 15 is 0 Å². The summed E-state index contributed by atoms with van der Waals surface area (Å²) in [5, 5.41) is 19.7. The first-order valence-electron chi connectivity index (χ1n) is 9.78. The summed E-state index contributed by atoms with van der Waals surface area (Å²) in [5.74, 6) is -1.62. The van der Waals surface area contributed by atoms with Gasteiger partial charge < -0.3 is 0 Å². The number of allylic oxidation sites excluding steroid dienone is 1. The predicted molar refractivity (Wildman–Crippen MR) is 112 cm³/mol. The van der Waals surface area contributed by atoms with Gasteiger partial charge in [0.2, 0.25) is 5.91 Å². The van der Waals surface area contributed by atoms with Gasteiger partial charge in [-0.1, -0.05) is 18.2 Å². The van der Waals surface area contributed by atoms with E-state index in [1.807, 2.05) is 6.07 Å². The molecule has 1 aliphatic heterocycles. The Hall–Kier alpha value is -3.86. The van der Waals surface area contributed by atoms with Crippen molar-refractivity contribution in [1.29, 1.82) is 5.26 Å². The highest BCUT2D eigenvalue weighted by molar-refractivity contribution is 5.84. The molecule has 6 nitrogen and oxygen atoms in total. The van der Waals surface area contributed by atoms with E-state index in [2.05, 4.69) is 22.8 Å². The number of halogens is 2. The van der Waals surface area contributed by atoms with Gasteiger partial charge >= 0.3 is 0 Å². The number of nitriles is 1. The monoisotopic (exact) mass is 419 g/mol. The maximum atomic E-state index is 13.6. The van der Waals surface area contributed by atoms with Gasteiger partial charge in [-0.3, -0.25) is 9.48 Å². The first kappa shape index (κ1) is 20.4. The average Bonchev–Trinajstić information content (AvgIpc) is 3.39. The molecule has 1 aliphatic rings. The molecule has 0 bridgehead atoms. The molecule has 1 amide bonds. The van der Waals surface area contributed by atoms with Crippen LogP contribution in [0, 0.1) is 23.0 Å². The summed E-state index contributed by atoms with van der Waals surface area (Å²) >= 11 is 0. The topological polar surface area (TPSA) is 74.3 Å². The molecule has 0 saturated carbocycles. The van der Waals surface area contributed by atoms with Crippen LogP contribution >= 0.6 is 0 Å². The largest absolute Gasteiger partial charge is 0.273 e. The second kappa shape index (κ2) is 8.48. The summed E-state index contributed by atoms with van der Waals surface area (Å²) in [5.41, 5.74) is 2.54. The molecule has 1 aromatic heterocycles. The number of hydrazone groups is 1. The molecule has 31 heavy (non-hydrogen) atoms. The molecule has 1 unspecified atom stereocenters. The summed E-state index contributed by atoms with van der Waals surface area (Å²) in [6, 6.07) is 10.3. The number of fused-ring (bicyclic) bond motifs is 1. The summed E-state index contributed by atoms with van der Waals surface area (Å²) < 4.78 is 28.9. The van der Waals surface area contributed by atoms with Crippen LogP contribution in [0.2, 0.25) is 0 Å². The second-order valence-electron chi connectivity index (χ2n) is 7.39. The second-order valence-corrected chi connectivity index (χ2v) is 7.39.